The standard InChI is InChI=1S/C11H21N3O3/c1-9(15)14-5-2-10(3-6-14)13-4-7-17-8-11(12)16/h10,13H,2-8H2,1H3,(H2,12,16). The molecule has 1 aliphatic heterocycles. The summed E-state index contributed by atoms with van der Waals surface area (Å²) >= 11 is 0. The molecule has 0 bridgehead atoms. The smallest absolute Gasteiger partial charge is 0.243 e. The monoisotopic (exact) mass is 243 g/mol. The number of hydrogen-bond acceptors (Lipinski definition) is 4. The Kier molecular flexibility index (Phi) is 5.93. The van der Waals surface area contributed by atoms with Crippen LogP contribution in [0.1, 0.15) is 19.8 Å². The maximum absolute atomic E-state index is 11.1. The number of nitrogens with one attached hydrogen (secondary N) is 1. The van der Waals surface area contributed by atoms with Gasteiger partial charge in [-0.3, -0.25) is 9.59 Å². The van der Waals surface area contributed by atoms with Crippen LogP contribution < -0.4 is 11.1 Å². The van der Waals surface area contributed by atoms with Gasteiger partial charge in [-0.25, -0.2) is 0 Å². The van der Waals surface area contributed by atoms with Crippen molar-refractivity contribution in [2.75, 3.05) is 32.8 Å². The molecule has 0 atom stereocenters. The zero-order valence-electron chi connectivity index (χ0n) is 10.3. The van der Waals surface area contributed by atoms with Gasteiger partial charge < -0.3 is 20.7 Å². The Morgan fingerprint density at radius 3 is 2.59 bits per heavy atom. The summed E-state index contributed by atoms with van der Waals surface area (Å²) in [5.74, 6) is -0.298. The predicted octanol–water partition coefficient (Wildman–Crippen LogP) is -0.911. The van der Waals surface area contributed by atoms with Crippen LogP contribution in [0.15, 0.2) is 0 Å². The molecule has 3 N–H and O–H groups in total. The van der Waals surface area contributed by atoms with Gasteiger partial charge in [0.1, 0.15) is 6.61 Å². The highest BCUT2D eigenvalue weighted by Crippen LogP contribution is 2.09. The van der Waals surface area contributed by atoms with Gasteiger partial charge in [0.05, 0.1) is 6.61 Å². The topological polar surface area (TPSA) is 84.7 Å². The lowest BCUT2D eigenvalue weighted by Crippen LogP contribution is -2.45. The number of nitrogens with zero attached hydrogens (tertiary/aromatic N) is 1. The van der Waals surface area contributed by atoms with E-state index in [9.17, 15) is 9.59 Å². The molecule has 0 aromatic rings. The number of ether oxygens (including phenoxy) is 1. The summed E-state index contributed by atoms with van der Waals surface area (Å²) in [5.41, 5.74) is 4.94. The van der Waals surface area contributed by atoms with Crippen LogP contribution in [0.25, 0.3) is 0 Å². The van der Waals surface area contributed by atoms with Gasteiger partial charge in [0.15, 0.2) is 0 Å². The van der Waals surface area contributed by atoms with Crippen molar-refractivity contribution in [3.8, 4) is 0 Å². The molecule has 98 valence electrons. The molecule has 0 aromatic heterocycles. The number of carbonyl (C=O) groups excluding carboxylic acids is 2. The zero-order valence-corrected chi connectivity index (χ0v) is 10.3. The molecule has 0 aliphatic carbocycles. The van der Waals surface area contributed by atoms with E-state index in [0.717, 1.165) is 25.9 Å². The van der Waals surface area contributed by atoms with Gasteiger partial charge in [0.2, 0.25) is 11.8 Å². The summed E-state index contributed by atoms with van der Waals surface area (Å²) in [6, 6.07) is 0.433. The molecule has 1 saturated heterocycles. The highest BCUT2D eigenvalue weighted by Gasteiger charge is 2.19. The molecule has 0 radical (unpaired) electrons. The lowest BCUT2D eigenvalue weighted by Gasteiger charge is -2.31. The summed E-state index contributed by atoms with van der Waals surface area (Å²) in [6.07, 6.45) is 1.94. The first-order valence-corrected chi connectivity index (χ1v) is 5.94. The average molecular weight is 243 g/mol. The van der Waals surface area contributed by atoms with Crippen LogP contribution >= 0.6 is 0 Å². The molecule has 6 heteroatoms. The minimum Gasteiger partial charge on any atom is -0.370 e. The molecule has 1 heterocycles. The van der Waals surface area contributed by atoms with Crippen LogP contribution in [-0.2, 0) is 14.3 Å². The minimum atomic E-state index is -0.445. The highest BCUT2D eigenvalue weighted by molar-refractivity contribution is 5.75. The van der Waals surface area contributed by atoms with Crippen LogP contribution in [0.4, 0.5) is 0 Å². The SMILES string of the molecule is CC(=O)N1CCC(NCCOCC(N)=O)CC1. The Bertz CT molecular complexity index is 263. The summed E-state index contributed by atoms with van der Waals surface area (Å²) < 4.78 is 5.04. The third kappa shape index (κ3) is 5.65. The van der Waals surface area contributed by atoms with E-state index in [1.807, 2.05) is 4.90 Å². The molecule has 1 rings (SSSR count). The van der Waals surface area contributed by atoms with Crippen molar-refractivity contribution in [3.05, 3.63) is 0 Å². The number of amides is 2. The maximum Gasteiger partial charge on any atom is 0.243 e. The first kappa shape index (κ1) is 13.9. The Morgan fingerprint density at radius 2 is 2.06 bits per heavy atom. The Labute approximate surface area is 101 Å². The number of carbonyl (C=O) groups is 2. The largest absolute Gasteiger partial charge is 0.370 e. The quantitative estimate of drug-likeness (QED) is 0.591. The zero-order chi connectivity index (χ0) is 12.7. The van der Waals surface area contributed by atoms with Gasteiger partial charge in [-0.1, -0.05) is 0 Å². The van der Waals surface area contributed by atoms with Gasteiger partial charge >= 0.3 is 0 Å². The van der Waals surface area contributed by atoms with Gasteiger partial charge in [-0.05, 0) is 12.8 Å². The molecule has 17 heavy (non-hydrogen) atoms. The van der Waals surface area contributed by atoms with E-state index < -0.39 is 5.91 Å². The predicted molar refractivity (Wildman–Crippen MR) is 63.3 cm³/mol. The van der Waals surface area contributed by atoms with Crippen molar-refractivity contribution >= 4 is 11.8 Å². The fraction of sp³-hybridized carbons (Fsp3) is 0.818. The molecule has 0 unspecified atom stereocenters. The molecule has 0 spiro atoms. The molecule has 0 saturated carbocycles. The summed E-state index contributed by atoms with van der Waals surface area (Å²) in [6.45, 7) is 4.40. The Hall–Kier alpha value is -1.14. The molecule has 2 amide bonds. The fourth-order valence-corrected chi connectivity index (χ4v) is 1.91. The molecule has 1 aliphatic rings. The van der Waals surface area contributed by atoms with Crippen molar-refractivity contribution in [1.29, 1.82) is 0 Å². The normalized spacial score (nSPS) is 17.1. The summed E-state index contributed by atoms with van der Waals surface area (Å²) in [5, 5.41) is 3.34. The fourth-order valence-electron chi connectivity index (χ4n) is 1.91. The number of hydrogen-bond donors (Lipinski definition) is 2. The summed E-state index contributed by atoms with van der Waals surface area (Å²) in [4.78, 5) is 23.4. The van der Waals surface area contributed by atoms with Crippen LogP contribution in [0.3, 0.4) is 0 Å². The van der Waals surface area contributed by atoms with E-state index in [1.54, 1.807) is 6.92 Å². The van der Waals surface area contributed by atoms with Crippen molar-refractivity contribution in [2.24, 2.45) is 5.73 Å². The molecule has 6 nitrogen and oxygen atoms in total. The van der Waals surface area contributed by atoms with E-state index in [0.29, 0.717) is 19.2 Å². The second-order valence-corrected chi connectivity index (χ2v) is 4.25. The number of primary amides is 1. The Balaban J connectivity index is 2.02. The van der Waals surface area contributed by atoms with Crippen LogP contribution in [0, 0.1) is 0 Å². The first-order chi connectivity index (χ1) is 8.09. The third-order valence-corrected chi connectivity index (χ3v) is 2.86. The van der Waals surface area contributed by atoms with Crippen molar-refractivity contribution in [3.63, 3.8) is 0 Å². The first-order valence-electron chi connectivity index (χ1n) is 5.94. The van der Waals surface area contributed by atoms with Crippen LogP contribution in [-0.4, -0.2) is 55.6 Å². The number of likely N-dealkylation sites (tertiary alicyclic amines) is 1. The lowest BCUT2D eigenvalue weighted by atomic mass is 10.1. The lowest BCUT2D eigenvalue weighted by molar-refractivity contribution is -0.129. The molecular formula is C11H21N3O3. The number of piperidine rings is 1. The molecular weight excluding hydrogens is 222 g/mol. The minimum absolute atomic E-state index is 0.0234. The van der Waals surface area contributed by atoms with E-state index in [4.69, 9.17) is 10.5 Å². The van der Waals surface area contributed by atoms with Crippen LogP contribution in [0.5, 0.6) is 0 Å². The highest BCUT2D eigenvalue weighted by atomic mass is 16.5. The Morgan fingerprint density at radius 1 is 1.41 bits per heavy atom. The summed E-state index contributed by atoms with van der Waals surface area (Å²) in [7, 11) is 0. The van der Waals surface area contributed by atoms with Crippen molar-refractivity contribution in [2.45, 2.75) is 25.8 Å². The van der Waals surface area contributed by atoms with Gasteiger partial charge in [-0.15, -0.1) is 0 Å². The number of rotatable bonds is 6. The van der Waals surface area contributed by atoms with Crippen molar-refractivity contribution in [1.82, 2.24) is 10.2 Å². The average Bonchev–Trinajstić information content (AvgIpc) is 2.29. The second-order valence-electron chi connectivity index (χ2n) is 4.25. The number of nitrogens with two attached hydrogens (primary N) is 1. The maximum atomic E-state index is 11.1. The van der Waals surface area contributed by atoms with E-state index >= 15 is 0 Å². The molecule has 0 aromatic carbocycles. The van der Waals surface area contributed by atoms with Gasteiger partial charge in [0.25, 0.3) is 0 Å². The van der Waals surface area contributed by atoms with Crippen LogP contribution in [0.2, 0.25) is 0 Å². The third-order valence-electron chi connectivity index (χ3n) is 2.86. The molecule has 1 fully saturated rings. The van der Waals surface area contributed by atoms with E-state index in [1.165, 1.54) is 0 Å². The van der Waals surface area contributed by atoms with Gasteiger partial charge in [0, 0.05) is 32.6 Å². The van der Waals surface area contributed by atoms with E-state index in [-0.39, 0.29) is 12.5 Å². The second kappa shape index (κ2) is 7.24. The van der Waals surface area contributed by atoms with Gasteiger partial charge in [-0.2, -0.15) is 0 Å². The van der Waals surface area contributed by atoms with Crippen molar-refractivity contribution < 1.29 is 14.3 Å². The van der Waals surface area contributed by atoms with E-state index in [2.05, 4.69) is 5.32 Å².